The molecule has 0 atom stereocenters. The van der Waals surface area contributed by atoms with Gasteiger partial charge in [-0.2, -0.15) is 0 Å². The molecule has 134 valence electrons. The number of amides is 1. The predicted octanol–water partition coefficient (Wildman–Crippen LogP) is 2.65. The van der Waals surface area contributed by atoms with Crippen LogP contribution in [-0.4, -0.2) is 61.6 Å². The maximum Gasteiger partial charge on any atom is 0.222 e. The maximum absolute atomic E-state index is 12.2. The Morgan fingerprint density at radius 1 is 1.17 bits per heavy atom. The second-order valence-electron chi connectivity index (χ2n) is 5.89. The van der Waals surface area contributed by atoms with Crippen LogP contribution in [-0.2, 0) is 4.79 Å². The Morgan fingerprint density at radius 2 is 1.92 bits per heavy atom. The van der Waals surface area contributed by atoms with E-state index in [1.54, 1.807) is 18.2 Å². The van der Waals surface area contributed by atoms with Crippen molar-refractivity contribution in [1.29, 1.82) is 0 Å². The Hall–Kier alpha value is -1.01. The standard InChI is InChI=1S/C17H25Cl2N3O2/c18-14-4-5-16(15(19)13-14)24-12-1-3-17(23)22-10-8-21(9-11-22)7-2-6-20/h4-5,13H,1-3,6-12,20H2. The second-order valence-corrected chi connectivity index (χ2v) is 6.74. The van der Waals surface area contributed by atoms with Crippen LogP contribution in [0.15, 0.2) is 18.2 Å². The lowest BCUT2D eigenvalue weighted by molar-refractivity contribution is -0.133. The summed E-state index contributed by atoms with van der Waals surface area (Å²) in [7, 11) is 0. The summed E-state index contributed by atoms with van der Waals surface area (Å²) in [6, 6.07) is 5.12. The van der Waals surface area contributed by atoms with Gasteiger partial charge in [-0.1, -0.05) is 23.2 Å². The minimum Gasteiger partial charge on any atom is -0.492 e. The summed E-state index contributed by atoms with van der Waals surface area (Å²) in [6.07, 6.45) is 2.18. The zero-order valence-corrected chi connectivity index (χ0v) is 15.4. The van der Waals surface area contributed by atoms with E-state index in [1.807, 2.05) is 4.90 Å². The molecule has 1 amide bonds. The van der Waals surface area contributed by atoms with Gasteiger partial charge < -0.3 is 15.4 Å². The van der Waals surface area contributed by atoms with Gasteiger partial charge in [-0.15, -0.1) is 0 Å². The fraction of sp³-hybridized carbons (Fsp3) is 0.588. The van der Waals surface area contributed by atoms with Crippen LogP contribution in [0.1, 0.15) is 19.3 Å². The number of carbonyl (C=O) groups is 1. The van der Waals surface area contributed by atoms with Crippen molar-refractivity contribution in [3.05, 3.63) is 28.2 Å². The van der Waals surface area contributed by atoms with Crippen LogP contribution in [0.2, 0.25) is 10.0 Å². The van der Waals surface area contributed by atoms with Gasteiger partial charge >= 0.3 is 0 Å². The highest BCUT2D eigenvalue weighted by Crippen LogP contribution is 2.27. The lowest BCUT2D eigenvalue weighted by atomic mass is 10.2. The van der Waals surface area contributed by atoms with Gasteiger partial charge in [0.1, 0.15) is 5.75 Å². The average molecular weight is 374 g/mol. The molecule has 5 nitrogen and oxygen atoms in total. The summed E-state index contributed by atoms with van der Waals surface area (Å²) in [4.78, 5) is 16.5. The van der Waals surface area contributed by atoms with E-state index in [0.717, 1.165) is 45.7 Å². The number of hydrogen-bond acceptors (Lipinski definition) is 4. The molecule has 0 aliphatic carbocycles. The number of nitrogens with zero attached hydrogens (tertiary/aromatic N) is 2. The lowest BCUT2D eigenvalue weighted by Gasteiger charge is -2.34. The molecule has 2 rings (SSSR count). The number of halogens is 2. The molecule has 1 heterocycles. The minimum absolute atomic E-state index is 0.194. The average Bonchev–Trinajstić information content (AvgIpc) is 2.58. The van der Waals surface area contributed by atoms with Gasteiger partial charge in [-0.3, -0.25) is 9.69 Å². The number of benzene rings is 1. The predicted molar refractivity (Wildman–Crippen MR) is 97.9 cm³/mol. The first-order valence-corrected chi connectivity index (χ1v) is 9.14. The molecule has 1 saturated heterocycles. The van der Waals surface area contributed by atoms with Crippen LogP contribution in [0.25, 0.3) is 0 Å². The summed E-state index contributed by atoms with van der Waals surface area (Å²) in [5.74, 6) is 0.793. The Morgan fingerprint density at radius 3 is 2.58 bits per heavy atom. The molecular weight excluding hydrogens is 349 g/mol. The molecule has 7 heteroatoms. The molecule has 1 aliphatic rings. The fourth-order valence-corrected chi connectivity index (χ4v) is 3.15. The first kappa shape index (κ1) is 19.3. The minimum atomic E-state index is 0.194. The molecule has 24 heavy (non-hydrogen) atoms. The molecule has 1 aliphatic heterocycles. The SMILES string of the molecule is NCCCN1CCN(C(=O)CCCOc2ccc(Cl)cc2Cl)CC1. The van der Waals surface area contributed by atoms with Crippen LogP contribution < -0.4 is 10.5 Å². The lowest BCUT2D eigenvalue weighted by Crippen LogP contribution is -2.49. The van der Waals surface area contributed by atoms with Crippen molar-refractivity contribution in [3.8, 4) is 5.75 Å². The van der Waals surface area contributed by atoms with E-state index in [9.17, 15) is 4.79 Å². The molecular formula is C17H25Cl2N3O2. The number of rotatable bonds is 8. The molecule has 0 bridgehead atoms. The number of ether oxygens (including phenoxy) is 1. The van der Waals surface area contributed by atoms with Crippen molar-refractivity contribution in [3.63, 3.8) is 0 Å². The molecule has 0 aromatic heterocycles. The van der Waals surface area contributed by atoms with Gasteiger partial charge in [0.15, 0.2) is 0 Å². The first-order chi connectivity index (χ1) is 11.6. The highest BCUT2D eigenvalue weighted by Gasteiger charge is 2.20. The molecule has 2 N–H and O–H groups in total. The quantitative estimate of drug-likeness (QED) is 0.711. The van der Waals surface area contributed by atoms with Gasteiger partial charge in [-0.25, -0.2) is 0 Å². The molecule has 0 unspecified atom stereocenters. The van der Waals surface area contributed by atoms with E-state index in [1.165, 1.54) is 0 Å². The Balaban J connectivity index is 1.63. The van der Waals surface area contributed by atoms with Crippen molar-refractivity contribution in [1.82, 2.24) is 9.80 Å². The Bertz CT molecular complexity index is 535. The topological polar surface area (TPSA) is 58.8 Å². The van der Waals surface area contributed by atoms with Crippen molar-refractivity contribution < 1.29 is 9.53 Å². The van der Waals surface area contributed by atoms with Crippen molar-refractivity contribution >= 4 is 29.1 Å². The van der Waals surface area contributed by atoms with Crippen molar-refractivity contribution in [2.75, 3.05) is 45.9 Å². The highest BCUT2D eigenvalue weighted by atomic mass is 35.5. The van der Waals surface area contributed by atoms with Crippen LogP contribution in [0.4, 0.5) is 0 Å². The summed E-state index contributed by atoms with van der Waals surface area (Å²) < 4.78 is 5.61. The molecule has 1 fully saturated rings. The van der Waals surface area contributed by atoms with Gasteiger partial charge in [0.2, 0.25) is 5.91 Å². The van der Waals surface area contributed by atoms with E-state index in [2.05, 4.69) is 4.90 Å². The zero-order valence-electron chi connectivity index (χ0n) is 13.8. The van der Waals surface area contributed by atoms with Crippen LogP contribution in [0, 0.1) is 0 Å². The highest BCUT2D eigenvalue weighted by molar-refractivity contribution is 6.35. The number of hydrogen-bond donors (Lipinski definition) is 1. The third-order valence-electron chi connectivity index (χ3n) is 4.09. The third-order valence-corrected chi connectivity index (χ3v) is 4.62. The summed E-state index contributed by atoms with van der Waals surface area (Å²) in [6.45, 7) is 5.67. The number of nitrogens with two attached hydrogens (primary N) is 1. The largest absolute Gasteiger partial charge is 0.492 e. The number of carbonyl (C=O) groups excluding carboxylic acids is 1. The molecule has 0 spiro atoms. The van der Waals surface area contributed by atoms with Crippen molar-refractivity contribution in [2.24, 2.45) is 5.73 Å². The van der Waals surface area contributed by atoms with Gasteiger partial charge in [0.05, 0.1) is 11.6 Å². The second kappa shape index (κ2) is 10.1. The van der Waals surface area contributed by atoms with Crippen LogP contribution >= 0.6 is 23.2 Å². The Labute approximate surface area is 153 Å². The summed E-state index contributed by atoms with van der Waals surface area (Å²) in [5.41, 5.74) is 5.53. The van der Waals surface area contributed by atoms with E-state index >= 15 is 0 Å². The van der Waals surface area contributed by atoms with E-state index in [0.29, 0.717) is 35.2 Å². The monoisotopic (exact) mass is 373 g/mol. The van der Waals surface area contributed by atoms with Crippen molar-refractivity contribution in [2.45, 2.75) is 19.3 Å². The van der Waals surface area contributed by atoms with E-state index in [-0.39, 0.29) is 5.91 Å². The van der Waals surface area contributed by atoms with E-state index < -0.39 is 0 Å². The zero-order chi connectivity index (χ0) is 17.4. The van der Waals surface area contributed by atoms with Crippen LogP contribution in [0.3, 0.4) is 0 Å². The normalized spacial score (nSPS) is 15.5. The molecule has 0 saturated carbocycles. The van der Waals surface area contributed by atoms with E-state index in [4.69, 9.17) is 33.7 Å². The van der Waals surface area contributed by atoms with Gasteiger partial charge in [0, 0.05) is 37.6 Å². The number of piperazine rings is 1. The first-order valence-electron chi connectivity index (χ1n) is 8.38. The fourth-order valence-electron chi connectivity index (χ4n) is 2.69. The van der Waals surface area contributed by atoms with Gasteiger partial charge in [-0.05, 0) is 44.1 Å². The molecule has 1 aromatic carbocycles. The molecule has 1 aromatic rings. The Kier molecular flexibility index (Phi) is 8.12. The third kappa shape index (κ3) is 6.13. The van der Waals surface area contributed by atoms with Gasteiger partial charge in [0.25, 0.3) is 0 Å². The summed E-state index contributed by atoms with van der Waals surface area (Å²) >= 11 is 11.9. The smallest absolute Gasteiger partial charge is 0.222 e. The maximum atomic E-state index is 12.2. The summed E-state index contributed by atoms with van der Waals surface area (Å²) in [5, 5.41) is 1.07. The molecule has 0 radical (unpaired) electrons. The van der Waals surface area contributed by atoms with Crippen LogP contribution in [0.5, 0.6) is 5.75 Å².